The van der Waals surface area contributed by atoms with Gasteiger partial charge in [-0.2, -0.15) is 0 Å². The number of amides is 2. The molecule has 2 aliphatic rings. The lowest BCUT2D eigenvalue weighted by Gasteiger charge is -2.35. The third-order valence-electron chi connectivity index (χ3n) is 7.65. The zero-order valence-electron chi connectivity index (χ0n) is 20.8. The zero-order valence-corrected chi connectivity index (χ0v) is 20.8. The van der Waals surface area contributed by atoms with Crippen LogP contribution in [0, 0.1) is 11.8 Å². The average Bonchev–Trinajstić information content (AvgIpc) is 3.31. The minimum Gasteiger partial charge on any atom is -0.497 e. The first-order chi connectivity index (χ1) is 16.5. The molecule has 2 N–H and O–H groups in total. The van der Waals surface area contributed by atoms with E-state index in [9.17, 15) is 9.59 Å². The number of hydrogen-bond acceptors (Lipinski definition) is 5. The van der Waals surface area contributed by atoms with Crippen molar-refractivity contribution in [1.82, 2.24) is 25.0 Å². The highest BCUT2D eigenvalue weighted by atomic mass is 16.5. The number of piperidine rings is 1. The molecule has 3 heterocycles. The Labute approximate surface area is 202 Å². The number of nitrogens with one attached hydrogen (secondary N) is 2. The van der Waals surface area contributed by atoms with Crippen molar-refractivity contribution in [3.63, 3.8) is 0 Å². The molecule has 0 bridgehead atoms. The first kappa shape index (κ1) is 24.5. The van der Waals surface area contributed by atoms with Gasteiger partial charge in [0.05, 0.1) is 7.11 Å². The van der Waals surface area contributed by atoms with Gasteiger partial charge in [0, 0.05) is 75.2 Å². The maximum absolute atomic E-state index is 13.0. The van der Waals surface area contributed by atoms with E-state index in [-0.39, 0.29) is 17.7 Å². The molecule has 1 atom stereocenters. The summed E-state index contributed by atoms with van der Waals surface area (Å²) in [5.41, 5.74) is 1.50. The van der Waals surface area contributed by atoms with Crippen molar-refractivity contribution in [2.45, 2.75) is 26.7 Å². The second kappa shape index (κ2) is 11.2. The summed E-state index contributed by atoms with van der Waals surface area (Å²) < 4.78 is 5.27. The van der Waals surface area contributed by atoms with Gasteiger partial charge in [-0.3, -0.25) is 14.5 Å². The van der Waals surface area contributed by atoms with Crippen LogP contribution in [0.3, 0.4) is 0 Å². The minimum absolute atomic E-state index is 0.0221. The molecule has 0 unspecified atom stereocenters. The van der Waals surface area contributed by atoms with Gasteiger partial charge in [0.15, 0.2) is 0 Å². The van der Waals surface area contributed by atoms with Crippen LogP contribution >= 0.6 is 0 Å². The van der Waals surface area contributed by atoms with Gasteiger partial charge in [-0.25, -0.2) is 0 Å². The first-order valence-corrected chi connectivity index (χ1v) is 12.7. The van der Waals surface area contributed by atoms with Crippen LogP contribution in [0.1, 0.15) is 37.2 Å². The summed E-state index contributed by atoms with van der Waals surface area (Å²) in [6, 6.07) is 7.67. The lowest BCUT2D eigenvalue weighted by atomic mass is 9.84. The van der Waals surface area contributed by atoms with E-state index in [0.717, 1.165) is 68.8 Å². The Bertz CT molecular complexity index is 974. The van der Waals surface area contributed by atoms with E-state index in [4.69, 9.17) is 4.74 Å². The molecule has 0 aliphatic carbocycles. The smallest absolute Gasteiger partial charge is 0.270 e. The van der Waals surface area contributed by atoms with Gasteiger partial charge in [-0.15, -0.1) is 0 Å². The van der Waals surface area contributed by atoms with Crippen molar-refractivity contribution in [2.75, 3.05) is 66.0 Å². The topological polar surface area (TPSA) is 80.9 Å². The van der Waals surface area contributed by atoms with Crippen molar-refractivity contribution < 1.29 is 14.3 Å². The van der Waals surface area contributed by atoms with Gasteiger partial charge < -0.3 is 24.8 Å². The summed E-state index contributed by atoms with van der Waals surface area (Å²) in [6.07, 6.45) is 1.71. The molecule has 2 aliphatic heterocycles. The van der Waals surface area contributed by atoms with E-state index >= 15 is 0 Å². The molecule has 186 valence electrons. The Kier molecular flexibility index (Phi) is 8.11. The van der Waals surface area contributed by atoms with Gasteiger partial charge in [-0.05, 0) is 43.5 Å². The highest BCUT2D eigenvalue weighted by molar-refractivity contribution is 5.98. The van der Waals surface area contributed by atoms with E-state index < -0.39 is 0 Å². The Morgan fingerprint density at radius 3 is 2.47 bits per heavy atom. The van der Waals surface area contributed by atoms with Gasteiger partial charge in [0.2, 0.25) is 5.91 Å². The average molecular weight is 470 g/mol. The number of benzene rings is 1. The molecule has 8 nitrogen and oxygen atoms in total. The number of fused-ring (bicyclic) bond motifs is 1. The highest BCUT2D eigenvalue weighted by Gasteiger charge is 2.30. The van der Waals surface area contributed by atoms with Crippen LogP contribution < -0.4 is 10.1 Å². The van der Waals surface area contributed by atoms with E-state index in [2.05, 4.69) is 27.0 Å². The number of likely N-dealkylation sites (N-methyl/N-ethyl adjacent to an activating group) is 1. The Morgan fingerprint density at radius 1 is 1.09 bits per heavy atom. The Hall–Kier alpha value is -2.58. The van der Waals surface area contributed by atoms with Crippen LogP contribution in [0.25, 0.3) is 10.9 Å². The minimum atomic E-state index is -0.0327. The maximum atomic E-state index is 13.0. The van der Waals surface area contributed by atoms with Gasteiger partial charge in [0.25, 0.3) is 5.91 Å². The number of carbonyl (C=O) groups is 2. The van der Waals surface area contributed by atoms with Gasteiger partial charge in [-0.1, -0.05) is 13.8 Å². The molecule has 0 saturated carbocycles. The number of rotatable bonds is 8. The van der Waals surface area contributed by atoms with Crippen LogP contribution in [-0.4, -0.2) is 97.5 Å². The molecule has 1 aromatic carbocycles. The van der Waals surface area contributed by atoms with E-state index in [1.807, 2.05) is 36.1 Å². The van der Waals surface area contributed by atoms with Gasteiger partial charge in [0.1, 0.15) is 11.4 Å². The monoisotopic (exact) mass is 469 g/mol. The number of likely N-dealkylation sites (tertiary alicyclic amines) is 1. The number of ether oxygens (including phenoxy) is 1. The van der Waals surface area contributed by atoms with E-state index in [1.54, 1.807) is 7.11 Å². The summed E-state index contributed by atoms with van der Waals surface area (Å²) in [6.45, 7) is 12.7. The fourth-order valence-electron chi connectivity index (χ4n) is 5.16. The summed E-state index contributed by atoms with van der Waals surface area (Å²) in [5, 5.41) is 4.14. The molecule has 1 aromatic heterocycles. The number of piperazine rings is 1. The molecular formula is C26H39N5O3. The lowest BCUT2D eigenvalue weighted by Crippen LogP contribution is -2.48. The summed E-state index contributed by atoms with van der Waals surface area (Å²) >= 11 is 0. The number of methoxy groups -OCH3 is 1. The molecule has 2 fully saturated rings. The lowest BCUT2D eigenvalue weighted by molar-refractivity contribution is -0.126. The summed E-state index contributed by atoms with van der Waals surface area (Å²) in [4.78, 5) is 35.8. The second-order valence-corrected chi connectivity index (χ2v) is 9.62. The van der Waals surface area contributed by atoms with Crippen molar-refractivity contribution >= 4 is 22.7 Å². The maximum Gasteiger partial charge on any atom is 0.270 e. The van der Waals surface area contributed by atoms with Crippen molar-refractivity contribution in [1.29, 1.82) is 0 Å². The molecule has 0 spiro atoms. The molecule has 34 heavy (non-hydrogen) atoms. The van der Waals surface area contributed by atoms with E-state index in [1.165, 1.54) is 0 Å². The molecule has 8 heteroatoms. The van der Waals surface area contributed by atoms with Crippen molar-refractivity contribution in [3.05, 3.63) is 30.0 Å². The Balaban J connectivity index is 1.21. The van der Waals surface area contributed by atoms with Crippen LogP contribution in [0.4, 0.5) is 0 Å². The number of aromatic nitrogens is 1. The third-order valence-corrected chi connectivity index (χ3v) is 7.65. The fraction of sp³-hybridized carbons (Fsp3) is 0.615. The molecule has 2 aromatic rings. The predicted octanol–water partition coefficient (Wildman–Crippen LogP) is 2.42. The van der Waals surface area contributed by atoms with Crippen molar-refractivity contribution in [3.8, 4) is 5.75 Å². The molecule has 0 radical (unpaired) electrons. The van der Waals surface area contributed by atoms with Gasteiger partial charge >= 0.3 is 0 Å². The van der Waals surface area contributed by atoms with Crippen LogP contribution in [0.5, 0.6) is 5.75 Å². The second-order valence-electron chi connectivity index (χ2n) is 9.62. The number of nitrogens with zero attached hydrogens (tertiary/aromatic N) is 3. The first-order valence-electron chi connectivity index (χ1n) is 12.7. The zero-order chi connectivity index (χ0) is 24.1. The largest absolute Gasteiger partial charge is 0.497 e. The Morgan fingerprint density at radius 2 is 1.79 bits per heavy atom. The molecule has 2 amide bonds. The van der Waals surface area contributed by atoms with Crippen LogP contribution in [0.15, 0.2) is 24.3 Å². The molecule has 2 saturated heterocycles. The SMILES string of the molecule is CCN1CCN(CCNC(=O)[C@H](C)C2CCN(C(=O)c3cc4ccc(OC)cc4[nH]3)CC2)CC1. The summed E-state index contributed by atoms with van der Waals surface area (Å²) in [5.74, 6) is 1.20. The molecule has 4 rings (SSSR count). The summed E-state index contributed by atoms with van der Waals surface area (Å²) in [7, 11) is 1.64. The quantitative estimate of drug-likeness (QED) is 0.621. The number of carbonyl (C=O) groups excluding carboxylic acids is 2. The molecular weight excluding hydrogens is 430 g/mol. The highest BCUT2D eigenvalue weighted by Crippen LogP contribution is 2.27. The number of H-pyrrole nitrogens is 1. The van der Waals surface area contributed by atoms with Crippen molar-refractivity contribution in [2.24, 2.45) is 11.8 Å². The number of aromatic amines is 1. The normalized spacial score (nSPS) is 19.3. The fourth-order valence-corrected chi connectivity index (χ4v) is 5.16. The third kappa shape index (κ3) is 5.73. The predicted molar refractivity (Wildman–Crippen MR) is 134 cm³/mol. The van der Waals surface area contributed by atoms with Crippen LogP contribution in [-0.2, 0) is 4.79 Å². The standard InChI is InChI=1S/C26H39N5O3/c1-4-29-13-15-30(16-14-29)12-9-27-25(32)19(2)20-7-10-31(11-8-20)26(33)24-17-21-5-6-22(34-3)18-23(21)28-24/h5-6,17-20,28H,4,7-16H2,1-3H3,(H,27,32)/t19-/m1/s1. The number of hydrogen-bond donors (Lipinski definition) is 2. The van der Waals surface area contributed by atoms with E-state index in [0.29, 0.717) is 31.2 Å². The van der Waals surface area contributed by atoms with Crippen LogP contribution in [0.2, 0.25) is 0 Å².